The summed E-state index contributed by atoms with van der Waals surface area (Å²) in [5, 5.41) is 7.38. The lowest BCUT2D eigenvalue weighted by Gasteiger charge is -2.27. The van der Waals surface area contributed by atoms with Crippen LogP contribution in [0.4, 0.5) is 0 Å². The van der Waals surface area contributed by atoms with Crippen LogP contribution in [0.15, 0.2) is 0 Å². The van der Waals surface area contributed by atoms with Crippen molar-refractivity contribution in [1.29, 1.82) is 0 Å². The van der Waals surface area contributed by atoms with Gasteiger partial charge in [0, 0.05) is 18.1 Å². The second-order valence-electron chi connectivity index (χ2n) is 6.20. The van der Waals surface area contributed by atoms with E-state index >= 15 is 0 Å². The third-order valence-corrected chi connectivity index (χ3v) is 4.05. The van der Waals surface area contributed by atoms with Gasteiger partial charge in [0.2, 0.25) is 0 Å². The maximum Gasteiger partial charge on any atom is 0.0127 e. The zero-order chi connectivity index (χ0) is 10.9. The zero-order valence-corrected chi connectivity index (χ0v) is 10.5. The summed E-state index contributed by atoms with van der Waals surface area (Å²) in [6, 6.07) is 2.21. The van der Waals surface area contributed by atoms with E-state index in [0.717, 1.165) is 12.1 Å². The minimum absolute atomic E-state index is 0.564. The van der Waals surface area contributed by atoms with E-state index in [9.17, 15) is 0 Å². The number of nitrogens with one attached hydrogen (secondary N) is 2. The van der Waals surface area contributed by atoms with Crippen LogP contribution in [0.25, 0.3) is 0 Å². The number of piperidine rings is 1. The van der Waals surface area contributed by atoms with Crippen molar-refractivity contribution in [2.75, 3.05) is 6.54 Å². The Morgan fingerprint density at radius 3 is 2.67 bits per heavy atom. The Hall–Kier alpha value is -0.0800. The van der Waals surface area contributed by atoms with Gasteiger partial charge in [0.25, 0.3) is 0 Å². The smallest absolute Gasteiger partial charge is 0.0127 e. The molecular formula is C13H26N2. The first-order valence-corrected chi connectivity index (χ1v) is 6.57. The van der Waals surface area contributed by atoms with Gasteiger partial charge in [0.1, 0.15) is 0 Å². The van der Waals surface area contributed by atoms with Gasteiger partial charge < -0.3 is 10.6 Å². The molecule has 1 saturated heterocycles. The molecule has 1 aliphatic heterocycles. The monoisotopic (exact) mass is 210 g/mol. The summed E-state index contributed by atoms with van der Waals surface area (Å²) in [5.74, 6) is 0. The molecule has 0 aromatic carbocycles. The van der Waals surface area contributed by atoms with Crippen LogP contribution in [0.1, 0.15) is 52.9 Å². The molecule has 0 amide bonds. The van der Waals surface area contributed by atoms with Gasteiger partial charge in [0.15, 0.2) is 0 Å². The molecule has 1 aliphatic carbocycles. The zero-order valence-electron chi connectivity index (χ0n) is 10.5. The molecule has 2 N–H and O–H groups in total. The normalized spacial score (nSPS) is 36.2. The van der Waals surface area contributed by atoms with Gasteiger partial charge in [-0.1, -0.05) is 20.3 Å². The van der Waals surface area contributed by atoms with E-state index in [2.05, 4.69) is 31.4 Å². The van der Waals surface area contributed by atoms with E-state index in [4.69, 9.17) is 0 Å². The van der Waals surface area contributed by atoms with Crippen molar-refractivity contribution in [3.05, 3.63) is 0 Å². The highest BCUT2D eigenvalue weighted by Crippen LogP contribution is 2.44. The molecule has 0 bridgehead atoms. The van der Waals surface area contributed by atoms with Crippen molar-refractivity contribution in [2.45, 2.75) is 71.0 Å². The first-order valence-electron chi connectivity index (χ1n) is 6.57. The Labute approximate surface area is 94.2 Å². The molecule has 2 fully saturated rings. The summed E-state index contributed by atoms with van der Waals surface area (Å²) in [6.45, 7) is 8.28. The van der Waals surface area contributed by atoms with Gasteiger partial charge in [-0.05, 0) is 44.6 Å². The maximum atomic E-state index is 3.75. The second-order valence-corrected chi connectivity index (χ2v) is 6.20. The Bertz CT molecular complexity index is 207. The van der Waals surface area contributed by atoms with Crippen LogP contribution >= 0.6 is 0 Å². The predicted octanol–water partition coefficient (Wildman–Crippen LogP) is 2.30. The number of hydrogen-bond donors (Lipinski definition) is 2. The fourth-order valence-corrected chi connectivity index (χ4v) is 2.72. The standard InChI is InChI=1S/C13H26N2/c1-10(15-12-9-13(12,2)3)8-11-6-4-5-7-14-11/h10-12,14-15H,4-9H2,1-3H3. The van der Waals surface area contributed by atoms with Gasteiger partial charge in [0.05, 0.1) is 0 Å². The molecule has 15 heavy (non-hydrogen) atoms. The summed E-state index contributed by atoms with van der Waals surface area (Å²) < 4.78 is 0. The van der Waals surface area contributed by atoms with Crippen LogP contribution in [-0.4, -0.2) is 24.7 Å². The van der Waals surface area contributed by atoms with Crippen molar-refractivity contribution in [3.8, 4) is 0 Å². The van der Waals surface area contributed by atoms with Gasteiger partial charge in [-0.2, -0.15) is 0 Å². The highest BCUT2D eigenvalue weighted by molar-refractivity contribution is 5.02. The minimum Gasteiger partial charge on any atom is -0.314 e. The molecule has 2 nitrogen and oxygen atoms in total. The molecule has 1 heterocycles. The summed E-state index contributed by atoms with van der Waals surface area (Å²) in [5.41, 5.74) is 0.564. The van der Waals surface area contributed by atoms with Gasteiger partial charge in [-0.25, -0.2) is 0 Å². The molecular weight excluding hydrogens is 184 g/mol. The summed E-state index contributed by atoms with van der Waals surface area (Å²) in [7, 11) is 0. The lowest BCUT2D eigenvalue weighted by atomic mass is 9.98. The highest BCUT2D eigenvalue weighted by atomic mass is 15.0. The quantitative estimate of drug-likeness (QED) is 0.744. The van der Waals surface area contributed by atoms with Crippen LogP contribution in [-0.2, 0) is 0 Å². The second kappa shape index (κ2) is 4.42. The predicted molar refractivity (Wildman–Crippen MR) is 65.0 cm³/mol. The van der Waals surface area contributed by atoms with Gasteiger partial charge in [-0.3, -0.25) is 0 Å². The molecule has 3 atom stereocenters. The van der Waals surface area contributed by atoms with Crippen molar-refractivity contribution in [3.63, 3.8) is 0 Å². The van der Waals surface area contributed by atoms with Crippen LogP contribution in [0.2, 0.25) is 0 Å². The van der Waals surface area contributed by atoms with E-state index in [1.54, 1.807) is 0 Å². The van der Waals surface area contributed by atoms with Gasteiger partial charge >= 0.3 is 0 Å². The highest BCUT2D eigenvalue weighted by Gasteiger charge is 2.45. The molecule has 0 aromatic rings. The lowest BCUT2D eigenvalue weighted by Crippen LogP contribution is -2.41. The van der Waals surface area contributed by atoms with Crippen molar-refractivity contribution >= 4 is 0 Å². The topological polar surface area (TPSA) is 24.1 Å². The molecule has 2 aliphatic rings. The summed E-state index contributed by atoms with van der Waals surface area (Å²) >= 11 is 0. The third kappa shape index (κ3) is 3.18. The maximum absolute atomic E-state index is 3.75. The molecule has 0 aromatic heterocycles. The molecule has 1 saturated carbocycles. The van der Waals surface area contributed by atoms with E-state index in [1.165, 1.54) is 38.6 Å². The Morgan fingerprint density at radius 1 is 1.40 bits per heavy atom. The molecule has 88 valence electrons. The van der Waals surface area contributed by atoms with E-state index in [-0.39, 0.29) is 0 Å². The number of hydrogen-bond acceptors (Lipinski definition) is 2. The van der Waals surface area contributed by atoms with Crippen LogP contribution in [0.5, 0.6) is 0 Å². The Kier molecular flexibility index (Phi) is 3.36. The largest absolute Gasteiger partial charge is 0.314 e. The molecule has 0 radical (unpaired) electrons. The molecule has 0 spiro atoms. The molecule has 2 rings (SSSR count). The van der Waals surface area contributed by atoms with Gasteiger partial charge in [-0.15, -0.1) is 0 Å². The Morgan fingerprint density at radius 2 is 2.13 bits per heavy atom. The van der Waals surface area contributed by atoms with E-state index in [1.807, 2.05) is 0 Å². The van der Waals surface area contributed by atoms with Crippen molar-refractivity contribution in [1.82, 2.24) is 10.6 Å². The van der Waals surface area contributed by atoms with Crippen molar-refractivity contribution < 1.29 is 0 Å². The van der Waals surface area contributed by atoms with Crippen LogP contribution in [0.3, 0.4) is 0 Å². The average Bonchev–Trinajstić information content (AvgIpc) is 2.74. The SMILES string of the molecule is CC(CC1CCCCN1)NC1CC1(C)C. The summed E-state index contributed by atoms with van der Waals surface area (Å²) in [6.07, 6.45) is 6.81. The Balaban J connectivity index is 1.66. The fourth-order valence-electron chi connectivity index (χ4n) is 2.72. The molecule has 2 heteroatoms. The molecule has 3 unspecified atom stereocenters. The van der Waals surface area contributed by atoms with Crippen LogP contribution < -0.4 is 10.6 Å². The lowest BCUT2D eigenvalue weighted by molar-refractivity contribution is 0.338. The number of rotatable bonds is 4. The average molecular weight is 210 g/mol. The van der Waals surface area contributed by atoms with Crippen molar-refractivity contribution in [2.24, 2.45) is 5.41 Å². The van der Waals surface area contributed by atoms with Crippen LogP contribution in [0, 0.1) is 5.41 Å². The first-order chi connectivity index (χ1) is 7.08. The van der Waals surface area contributed by atoms with E-state index in [0.29, 0.717) is 11.5 Å². The summed E-state index contributed by atoms with van der Waals surface area (Å²) in [4.78, 5) is 0. The first kappa shape index (κ1) is 11.4. The van der Waals surface area contributed by atoms with E-state index < -0.39 is 0 Å². The third-order valence-electron chi connectivity index (χ3n) is 4.05. The fraction of sp³-hybridized carbons (Fsp3) is 1.00. The minimum atomic E-state index is 0.564.